The van der Waals surface area contributed by atoms with E-state index in [0.717, 1.165) is 0 Å². The van der Waals surface area contributed by atoms with Gasteiger partial charge in [-0.15, -0.1) is 0 Å². The third-order valence-corrected chi connectivity index (χ3v) is 6.72. The molecule has 3 aromatic rings. The number of imidazole rings is 1. The number of methoxy groups -OCH3 is 1. The van der Waals surface area contributed by atoms with Gasteiger partial charge in [-0.1, -0.05) is 42.5 Å². The minimum absolute atomic E-state index is 0.0543. The molecule has 0 aliphatic rings. The van der Waals surface area contributed by atoms with Gasteiger partial charge in [0.1, 0.15) is 5.82 Å². The van der Waals surface area contributed by atoms with E-state index in [-0.39, 0.29) is 42.2 Å². The van der Waals surface area contributed by atoms with Crippen molar-refractivity contribution in [3.05, 3.63) is 83.4 Å². The molecule has 7 nitrogen and oxygen atoms in total. The van der Waals surface area contributed by atoms with E-state index in [1.807, 2.05) is 19.9 Å². The summed E-state index contributed by atoms with van der Waals surface area (Å²) in [7, 11) is -2.22. The summed E-state index contributed by atoms with van der Waals surface area (Å²) in [6.07, 6.45) is 1.46. The van der Waals surface area contributed by atoms with Crippen molar-refractivity contribution in [1.29, 1.82) is 0 Å². The second-order valence-corrected chi connectivity index (χ2v) is 9.82. The number of amides is 1. The van der Waals surface area contributed by atoms with Crippen molar-refractivity contribution in [3.8, 4) is 0 Å². The van der Waals surface area contributed by atoms with Crippen LogP contribution in [0.3, 0.4) is 0 Å². The molecule has 2 aromatic carbocycles. The molecule has 3 rings (SSSR count). The van der Waals surface area contributed by atoms with Crippen LogP contribution in [0.1, 0.15) is 41.5 Å². The van der Waals surface area contributed by atoms with Crippen LogP contribution in [0.2, 0.25) is 0 Å². The van der Waals surface area contributed by atoms with Crippen LogP contribution < -0.4 is 0 Å². The van der Waals surface area contributed by atoms with Gasteiger partial charge in [-0.05, 0) is 31.5 Å². The first-order chi connectivity index (χ1) is 15.7. The molecule has 0 bridgehead atoms. The summed E-state index contributed by atoms with van der Waals surface area (Å²) in [6.45, 7) is 4.21. The van der Waals surface area contributed by atoms with Crippen LogP contribution >= 0.6 is 0 Å². The second kappa shape index (κ2) is 10.7. The lowest BCUT2D eigenvalue weighted by atomic mass is 10.2. The molecule has 1 aromatic heterocycles. The summed E-state index contributed by atoms with van der Waals surface area (Å²) < 4.78 is 47.3. The van der Waals surface area contributed by atoms with Crippen molar-refractivity contribution in [2.75, 3.05) is 20.3 Å². The normalized spacial score (nSPS) is 11.7. The minimum Gasteiger partial charge on any atom is -0.383 e. The van der Waals surface area contributed by atoms with Gasteiger partial charge in [-0.25, -0.2) is 17.8 Å². The summed E-state index contributed by atoms with van der Waals surface area (Å²) in [4.78, 5) is 18.7. The van der Waals surface area contributed by atoms with Crippen molar-refractivity contribution in [3.63, 3.8) is 0 Å². The number of aromatic nitrogens is 2. The lowest BCUT2D eigenvalue weighted by molar-refractivity contribution is 0.0670. The van der Waals surface area contributed by atoms with Gasteiger partial charge >= 0.3 is 0 Å². The zero-order valence-electron chi connectivity index (χ0n) is 18.9. The maximum atomic E-state index is 14.3. The highest BCUT2D eigenvalue weighted by atomic mass is 32.2. The number of hydrogen-bond donors (Lipinski definition) is 0. The van der Waals surface area contributed by atoms with E-state index in [4.69, 9.17) is 4.74 Å². The molecule has 33 heavy (non-hydrogen) atoms. The number of nitrogens with zero attached hydrogens (tertiary/aromatic N) is 3. The molecule has 0 saturated heterocycles. The van der Waals surface area contributed by atoms with Crippen molar-refractivity contribution >= 4 is 15.7 Å². The molecule has 0 N–H and O–H groups in total. The minimum atomic E-state index is -3.74. The Hall–Kier alpha value is -3.04. The maximum Gasteiger partial charge on any atom is 0.257 e. The molecule has 1 amide bonds. The molecule has 0 saturated carbocycles. The number of ether oxygens (including phenoxy) is 1. The molecular formula is C24H28FN3O4S. The summed E-state index contributed by atoms with van der Waals surface area (Å²) in [5.41, 5.74) is 1.15. The van der Waals surface area contributed by atoms with E-state index < -0.39 is 21.6 Å². The Morgan fingerprint density at radius 1 is 1.12 bits per heavy atom. The highest BCUT2D eigenvalue weighted by molar-refractivity contribution is 7.90. The smallest absolute Gasteiger partial charge is 0.257 e. The van der Waals surface area contributed by atoms with Gasteiger partial charge in [-0.2, -0.15) is 0 Å². The number of rotatable bonds is 10. The molecule has 0 radical (unpaired) electrons. The van der Waals surface area contributed by atoms with Gasteiger partial charge in [0.15, 0.2) is 0 Å². The second-order valence-electron chi connectivity index (χ2n) is 7.94. The number of halogens is 1. The molecular weight excluding hydrogens is 445 g/mol. The number of benzene rings is 2. The quantitative estimate of drug-likeness (QED) is 0.447. The molecule has 0 aliphatic carbocycles. The average Bonchev–Trinajstić information content (AvgIpc) is 3.22. The fourth-order valence-electron chi connectivity index (χ4n) is 3.59. The van der Waals surface area contributed by atoms with Gasteiger partial charge in [0.25, 0.3) is 5.91 Å². The molecule has 9 heteroatoms. The topological polar surface area (TPSA) is 81.5 Å². The third kappa shape index (κ3) is 5.85. The molecule has 0 aliphatic heterocycles. The Morgan fingerprint density at radius 3 is 2.42 bits per heavy atom. The Labute approximate surface area is 193 Å². The summed E-state index contributed by atoms with van der Waals surface area (Å²) in [6, 6.07) is 14.4. The van der Waals surface area contributed by atoms with Crippen LogP contribution in [0, 0.1) is 5.82 Å². The highest BCUT2D eigenvalue weighted by Crippen LogP contribution is 2.23. The Kier molecular flexibility index (Phi) is 7.99. The number of carbonyl (C=O) groups is 1. The predicted molar refractivity (Wildman–Crippen MR) is 123 cm³/mol. The predicted octanol–water partition coefficient (Wildman–Crippen LogP) is 3.87. The van der Waals surface area contributed by atoms with Crippen molar-refractivity contribution in [2.24, 2.45) is 0 Å². The first-order valence-corrected chi connectivity index (χ1v) is 12.3. The molecule has 0 atom stereocenters. The van der Waals surface area contributed by atoms with Crippen LogP contribution in [-0.2, 0) is 26.9 Å². The average molecular weight is 474 g/mol. The van der Waals surface area contributed by atoms with E-state index in [2.05, 4.69) is 4.98 Å². The fraction of sp³-hybridized carbons (Fsp3) is 0.333. The summed E-state index contributed by atoms with van der Waals surface area (Å²) in [5.74, 6) is -1.30. The third-order valence-electron chi connectivity index (χ3n) is 5.14. The van der Waals surface area contributed by atoms with Crippen molar-refractivity contribution in [2.45, 2.75) is 37.3 Å². The van der Waals surface area contributed by atoms with Crippen LogP contribution in [0.5, 0.6) is 0 Å². The van der Waals surface area contributed by atoms with Crippen LogP contribution in [0.4, 0.5) is 4.39 Å². The molecule has 0 fully saturated rings. The number of sulfone groups is 1. The Morgan fingerprint density at radius 2 is 1.79 bits per heavy atom. The largest absolute Gasteiger partial charge is 0.383 e. The first-order valence-electron chi connectivity index (χ1n) is 10.6. The summed E-state index contributed by atoms with van der Waals surface area (Å²) >= 11 is 0. The van der Waals surface area contributed by atoms with Crippen LogP contribution in [0.25, 0.3) is 0 Å². The van der Waals surface area contributed by atoms with E-state index in [1.165, 1.54) is 36.4 Å². The van der Waals surface area contributed by atoms with Crippen LogP contribution in [-0.4, -0.2) is 49.0 Å². The van der Waals surface area contributed by atoms with Gasteiger partial charge < -0.3 is 14.2 Å². The van der Waals surface area contributed by atoms with Gasteiger partial charge in [0.2, 0.25) is 15.0 Å². The Balaban J connectivity index is 1.95. The van der Waals surface area contributed by atoms with Crippen molar-refractivity contribution < 1.29 is 22.3 Å². The standard InChI is InChI=1S/C24H28FN3O4S/c1-18(2)28-20(15-26-24(28)33(30,31)17-19-9-5-4-6-10-19)16-27(13-14-32-3)23(29)21-11-7-8-12-22(21)25/h4-12,15,18H,13-14,16-17H2,1-3H3. The van der Waals surface area contributed by atoms with Crippen molar-refractivity contribution in [1.82, 2.24) is 14.5 Å². The molecule has 0 unspecified atom stereocenters. The highest BCUT2D eigenvalue weighted by Gasteiger charge is 2.27. The number of hydrogen-bond acceptors (Lipinski definition) is 5. The summed E-state index contributed by atoms with van der Waals surface area (Å²) in [5, 5.41) is -0.0543. The molecule has 1 heterocycles. The first kappa shape index (κ1) is 24.6. The fourth-order valence-corrected chi connectivity index (χ4v) is 5.19. The maximum absolute atomic E-state index is 14.3. The monoisotopic (exact) mass is 473 g/mol. The Bertz CT molecular complexity index is 1190. The van der Waals surface area contributed by atoms with Gasteiger partial charge in [0, 0.05) is 19.7 Å². The lowest BCUT2D eigenvalue weighted by Crippen LogP contribution is -2.35. The molecule has 176 valence electrons. The SMILES string of the molecule is COCCN(Cc1cnc(S(=O)(=O)Cc2ccccc2)n1C(C)C)C(=O)c1ccccc1F. The van der Waals surface area contributed by atoms with E-state index >= 15 is 0 Å². The van der Waals surface area contributed by atoms with Crippen LogP contribution in [0.15, 0.2) is 66.0 Å². The number of carbonyl (C=O) groups excluding carboxylic acids is 1. The van der Waals surface area contributed by atoms with Gasteiger partial charge in [-0.3, -0.25) is 4.79 Å². The lowest BCUT2D eigenvalue weighted by Gasteiger charge is -2.24. The van der Waals surface area contributed by atoms with E-state index in [9.17, 15) is 17.6 Å². The van der Waals surface area contributed by atoms with Gasteiger partial charge in [0.05, 0.1) is 36.4 Å². The zero-order valence-corrected chi connectivity index (χ0v) is 19.8. The molecule has 0 spiro atoms. The zero-order chi connectivity index (χ0) is 24.0. The van der Waals surface area contributed by atoms with E-state index in [0.29, 0.717) is 11.3 Å². The van der Waals surface area contributed by atoms with E-state index in [1.54, 1.807) is 34.9 Å².